The molecule has 3 heteroatoms. The molecule has 1 N–H and O–H groups in total. The topological polar surface area (TPSA) is 20.7 Å². The van der Waals surface area contributed by atoms with Gasteiger partial charge in [0.2, 0.25) is 6.71 Å². The summed E-state index contributed by atoms with van der Waals surface area (Å²) in [6, 6.07) is 45.3. The quantitative estimate of drug-likeness (QED) is 0.232. The molecule has 190 valence electrons. The molecule has 0 radical (unpaired) electrons. The molecule has 0 amide bonds. The molecule has 0 atom stereocenters. The zero-order valence-corrected chi connectivity index (χ0v) is 22.5. The fourth-order valence-corrected chi connectivity index (χ4v) is 8.05. The van der Waals surface area contributed by atoms with Crippen molar-refractivity contribution in [2.45, 2.75) is 12.8 Å². The highest BCUT2D eigenvalue weighted by Crippen LogP contribution is 2.40. The van der Waals surface area contributed by atoms with Gasteiger partial charge >= 0.3 is 0 Å². The second-order valence-corrected chi connectivity index (χ2v) is 11.8. The van der Waals surface area contributed by atoms with Gasteiger partial charge in [0.25, 0.3) is 0 Å². The predicted molar refractivity (Wildman–Crippen MR) is 173 cm³/mol. The van der Waals surface area contributed by atoms with Crippen LogP contribution in [0.3, 0.4) is 0 Å². The maximum atomic E-state index is 3.69. The van der Waals surface area contributed by atoms with Gasteiger partial charge < -0.3 is 9.55 Å². The highest BCUT2D eigenvalue weighted by Gasteiger charge is 2.37. The van der Waals surface area contributed by atoms with E-state index in [9.17, 15) is 0 Å². The first-order valence-electron chi connectivity index (χ1n) is 14.6. The molecule has 6 aromatic carbocycles. The van der Waals surface area contributed by atoms with Gasteiger partial charge in [-0.05, 0) is 65.4 Å². The Morgan fingerprint density at radius 2 is 1.17 bits per heavy atom. The van der Waals surface area contributed by atoms with E-state index in [0.29, 0.717) is 6.71 Å². The van der Waals surface area contributed by atoms with E-state index in [4.69, 9.17) is 0 Å². The van der Waals surface area contributed by atoms with Crippen LogP contribution in [-0.2, 0) is 12.8 Å². The normalized spacial score (nSPS) is 13.6. The second kappa shape index (κ2) is 7.80. The summed E-state index contributed by atoms with van der Waals surface area (Å²) in [5, 5.41) is 5.18. The molecule has 0 bridgehead atoms. The summed E-state index contributed by atoms with van der Waals surface area (Å²) in [7, 11) is 0. The second-order valence-electron chi connectivity index (χ2n) is 11.8. The van der Waals surface area contributed by atoms with Crippen molar-refractivity contribution in [2.24, 2.45) is 0 Å². The average molecular weight is 520 g/mol. The van der Waals surface area contributed by atoms with Crippen molar-refractivity contribution < 1.29 is 0 Å². The Bertz CT molecular complexity index is 2320. The summed E-state index contributed by atoms with van der Waals surface area (Å²) in [5.41, 5.74) is 16.5. The Kier molecular flexibility index (Phi) is 4.14. The first kappa shape index (κ1) is 21.8. The van der Waals surface area contributed by atoms with E-state index in [-0.39, 0.29) is 0 Å². The third-order valence-corrected chi connectivity index (χ3v) is 9.68. The number of hydrogen-bond acceptors (Lipinski definition) is 0. The molecule has 2 aliphatic heterocycles. The molecule has 8 aromatic rings. The minimum Gasteiger partial charge on any atom is -0.354 e. The largest absolute Gasteiger partial charge is 0.354 e. The lowest BCUT2D eigenvalue weighted by atomic mass is 9.30. The lowest BCUT2D eigenvalue weighted by Crippen LogP contribution is -2.61. The van der Waals surface area contributed by atoms with Crippen molar-refractivity contribution in [1.82, 2.24) is 9.55 Å². The predicted octanol–water partition coefficient (Wildman–Crippen LogP) is 6.74. The lowest BCUT2D eigenvalue weighted by Gasteiger charge is -2.34. The minimum absolute atomic E-state index is 0.308. The third-order valence-electron chi connectivity index (χ3n) is 9.68. The van der Waals surface area contributed by atoms with Gasteiger partial charge in [0.15, 0.2) is 0 Å². The Labute approximate surface area is 237 Å². The number of benzene rings is 6. The van der Waals surface area contributed by atoms with Crippen LogP contribution in [0, 0.1) is 0 Å². The van der Waals surface area contributed by atoms with Gasteiger partial charge in [0.05, 0.1) is 11.0 Å². The summed E-state index contributed by atoms with van der Waals surface area (Å²) in [6.07, 6.45) is 1.95. The van der Waals surface area contributed by atoms with Crippen LogP contribution in [0.25, 0.3) is 49.3 Å². The van der Waals surface area contributed by atoms with E-state index in [2.05, 4.69) is 131 Å². The standard InChI is InChI=1S/C38H25BN2/c1-5-13-31-23(9-1)19-25-21-27(22-26-20-24-10-2-6-14-32(24)39(31)37(25)26)41-35-16-8-4-11-28(35)29-17-18-34-36(38(29)41)30-12-3-7-15-33(30)40-34/h1-18,21-22,40H,19-20H2. The fourth-order valence-electron chi connectivity index (χ4n) is 8.05. The Balaban J connectivity index is 1.34. The van der Waals surface area contributed by atoms with E-state index in [1.807, 2.05) is 0 Å². The van der Waals surface area contributed by atoms with Crippen LogP contribution in [0.4, 0.5) is 0 Å². The molecule has 0 aliphatic carbocycles. The van der Waals surface area contributed by atoms with Crippen LogP contribution in [0.2, 0.25) is 0 Å². The molecule has 0 unspecified atom stereocenters. The molecule has 0 saturated carbocycles. The van der Waals surface area contributed by atoms with Crippen molar-refractivity contribution in [3.05, 3.63) is 144 Å². The average Bonchev–Trinajstić information content (AvgIpc) is 3.56. The SMILES string of the molecule is c1ccc2c(c1)Cc1cc(-n3c4ccccc4c4ccc5[nH]c6ccccc6c5c43)cc3c1B2c1ccccc1C3. The summed E-state index contributed by atoms with van der Waals surface area (Å²) < 4.78 is 2.54. The summed E-state index contributed by atoms with van der Waals surface area (Å²) in [4.78, 5) is 3.69. The molecule has 41 heavy (non-hydrogen) atoms. The number of nitrogens with one attached hydrogen (secondary N) is 1. The van der Waals surface area contributed by atoms with Crippen molar-refractivity contribution in [2.75, 3.05) is 0 Å². The summed E-state index contributed by atoms with van der Waals surface area (Å²) >= 11 is 0. The molecule has 0 saturated heterocycles. The molecular formula is C38H25BN2. The number of fused-ring (bicyclic) bond motifs is 11. The van der Waals surface area contributed by atoms with Crippen molar-refractivity contribution in [1.29, 1.82) is 0 Å². The first-order chi connectivity index (χ1) is 20.3. The van der Waals surface area contributed by atoms with Crippen LogP contribution >= 0.6 is 0 Å². The number of H-pyrrole nitrogens is 1. The Hall–Kier alpha value is -5.02. The number of hydrogen-bond donors (Lipinski definition) is 1. The molecule has 2 nitrogen and oxygen atoms in total. The number of aromatic nitrogens is 2. The van der Waals surface area contributed by atoms with Crippen LogP contribution in [0.5, 0.6) is 0 Å². The van der Waals surface area contributed by atoms with Crippen LogP contribution in [0.15, 0.2) is 121 Å². The van der Waals surface area contributed by atoms with Crippen LogP contribution in [-0.4, -0.2) is 16.3 Å². The Morgan fingerprint density at radius 1 is 0.537 bits per heavy atom. The lowest BCUT2D eigenvalue weighted by molar-refractivity contribution is 1.10. The number of aromatic amines is 1. The van der Waals surface area contributed by atoms with Crippen LogP contribution in [0.1, 0.15) is 22.3 Å². The summed E-state index contributed by atoms with van der Waals surface area (Å²) in [5.74, 6) is 0. The molecule has 10 rings (SSSR count). The zero-order chi connectivity index (χ0) is 26.7. The third kappa shape index (κ3) is 2.83. The monoisotopic (exact) mass is 520 g/mol. The molecule has 2 aromatic heterocycles. The van der Waals surface area contributed by atoms with Crippen molar-refractivity contribution in [3.63, 3.8) is 0 Å². The minimum atomic E-state index is 0.308. The van der Waals surface area contributed by atoms with Crippen LogP contribution < -0.4 is 16.4 Å². The van der Waals surface area contributed by atoms with E-state index < -0.39 is 0 Å². The molecule has 2 aliphatic rings. The highest BCUT2D eigenvalue weighted by atomic mass is 15.0. The molecule has 0 fully saturated rings. The highest BCUT2D eigenvalue weighted by molar-refractivity contribution is 6.97. The maximum absolute atomic E-state index is 3.69. The van der Waals surface area contributed by atoms with Gasteiger partial charge in [-0.1, -0.05) is 107 Å². The van der Waals surface area contributed by atoms with Gasteiger partial charge in [-0.2, -0.15) is 0 Å². The number of nitrogens with zero attached hydrogens (tertiary/aromatic N) is 1. The molecule has 4 heterocycles. The van der Waals surface area contributed by atoms with Gasteiger partial charge in [0.1, 0.15) is 0 Å². The van der Waals surface area contributed by atoms with E-state index in [0.717, 1.165) is 12.8 Å². The van der Waals surface area contributed by atoms with E-state index in [1.165, 1.54) is 87.9 Å². The maximum Gasteiger partial charge on any atom is 0.242 e. The van der Waals surface area contributed by atoms with E-state index in [1.54, 1.807) is 0 Å². The van der Waals surface area contributed by atoms with E-state index >= 15 is 0 Å². The summed E-state index contributed by atoms with van der Waals surface area (Å²) in [6.45, 7) is 0.308. The van der Waals surface area contributed by atoms with Gasteiger partial charge in [0, 0.05) is 38.3 Å². The number of rotatable bonds is 1. The smallest absolute Gasteiger partial charge is 0.242 e. The molecule has 0 spiro atoms. The number of para-hydroxylation sites is 2. The van der Waals surface area contributed by atoms with Gasteiger partial charge in [-0.15, -0.1) is 0 Å². The van der Waals surface area contributed by atoms with Crippen molar-refractivity contribution >= 4 is 66.7 Å². The van der Waals surface area contributed by atoms with Crippen molar-refractivity contribution in [3.8, 4) is 5.69 Å². The first-order valence-corrected chi connectivity index (χ1v) is 14.6. The fraction of sp³-hybridized carbons (Fsp3) is 0.0526. The molecular weight excluding hydrogens is 495 g/mol. The van der Waals surface area contributed by atoms with Gasteiger partial charge in [-0.25, -0.2) is 0 Å². The Morgan fingerprint density at radius 3 is 1.93 bits per heavy atom. The van der Waals surface area contributed by atoms with Gasteiger partial charge in [-0.3, -0.25) is 0 Å². The zero-order valence-electron chi connectivity index (χ0n) is 22.5.